The zero-order valence-corrected chi connectivity index (χ0v) is 11.8. The fraction of sp³-hybridized carbons (Fsp3) is 0.100. The van der Waals surface area contributed by atoms with Crippen LogP contribution in [0.5, 0.6) is 5.75 Å². The smallest absolute Gasteiger partial charge is 0.138 e. The third-order valence-corrected chi connectivity index (χ3v) is 4.17. The van der Waals surface area contributed by atoms with Gasteiger partial charge in [0.25, 0.3) is 0 Å². The van der Waals surface area contributed by atoms with E-state index in [0.717, 1.165) is 23.3 Å². The van der Waals surface area contributed by atoms with Crippen LogP contribution in [0.4, 0.5) is 0 Å². The van der Waals surface area contributed by atoms with Gasteiger partial charge in [-0.2, -0.15) is 0 Å². The average Bonchev–Trinajstić information content (AvgIpc) is 2.55. The standard InChI is InChI=1S/C20H16O/c1-14-13-19(15-7-3-2-4-8-15)18-12-11-16-9-5-6-10-17(16)20(18)21-14/h2-12,19H,1,13H2. The number of ether oxygens (including phenoxy) is 1. The fourth-order valence-corrected chi connectivity index (χ4v) is 3.15. The van der Waals surface area contributed by atoms with Gasteiger partial charge in [0.1, 0.15) is 5.75 Å². The zero-order valence-electron chi connectivity index (χ0n) is 11.8. The minimum Gasteiger partial charge on any atom is -0.461 e. The van der Waals surface area contributed by atoms with E-state index < -0.39 is 0 Å². The summed E-state index contributed by atoms with van der Waals surface area (Å²) in [5.74, 6) is 2.14. The molecule has 0 aromatic heterocycles. The van der Waals surface area contributed by atoms with E-state index in [4.69, 9.17) is 4.74 Å². The number of hydrogen-bond acceptors (Lipinski definition) is 1. The number of benzene rings is 3. The van der Waals surface area contributed by atoms with Crippen LogP contribution in [0.25, 0.3) is 10.8 Å². The number of fused-ring (bicyclic) bond motifs is 3. The molecule has 21 heavy (non-hydrogen) atoms. The van der Waals surface area contributed by atoms with Gasteiger partial charge in [0.05, 0.1) is 5.76 Å². The van der Waals surface area contributed by atoms with Crippen molar-refractivity contribution in [2.75, 3.05) is 0 Å². The Morgan fingerprint density at radius 3 is 2.48 bits per heavy atom. The first-order valence-corrected chi connectivity index (χ1v) is 7.25. The number of allylic oxidation sites excluding steroid dienone is 1. The molecule has 0 fully saturated rings. The summed E-state index contributed by atoms with van der Waals surface area (Å²) < 4.78 is 6.00. The van der Waals surface area contributed by atoms with E-state index in [1.165, 1.54) is 16.5 Å². The lowest BCUT2D eigenvalue weighted by Crippen LogP contribution is -2.13. The van der Waals surface area contributed by atoms with Gasteiger partial charge < -0.3 is 4.74 Å². The van der Waals surface area contributed by atoms with Crippen LogP contribution >= 0.6 is 0 Å². The van der Waals surface area contributed by atoms with Crippen LogP contribution in [0.2, 0.25) is 0 Å². The van der Waals surface area contributed by atoms with Crippen molar-refractivity contribution in [3.63, 3.8) is 0 Å². The van der Waals surface area contributed by atoms with Gasteiger partial charge in [0.15, 0.2) is 0 Å². The third-order valence-electron chi connectivity index (χ3n) is 4.17. The average molecular weight is 272 g/mol. The topological polar surface area (TPSA) is 9.23 Å². The molecule has 102 valence electrons. The SMILES string of the molecule is C=C1CC(c2ccccc2)c2ccc3ccccc3c2O1. The lowest BCUT2D eigenvalue weighted by atomic mass is 9.84. The van der Waals surface area contributed by atoms with E-state index in [2.05, 4.69) is 73.3 Å². The molecule has 4 rings (SSSR count). The molecular weight excluding hydrogens is 256 g/mol. The summed E-state index contributed by atoms with van der Waals surface area (Å²) in [4.78, 5) is 0. The van der Waals surface area contributed by atoms with Crippen molar-refractivity contribution in [2.45, 2.75) is 12.3 Å². The van der Waals surface area contributed by atoms with E-state index in [1.54, 1.807) is 0 Å². The highest BCUT2D eigenvalue weighted by atomic mass is 16.5. The summed E-state index contributed by atoms with van der Waals surface area (Å²) in [5, 5.41) is 2.37. The van der Waals surface area contributed by atoms with Crippen molar-refractivity contribution in [3.05, 3.63) is 90.2 Å². The fourth-order valence-electron chi connectivity index (χ4n) is 3.15. The summed E-state index contributed by atoms with van der Waals surface area (Å²) in [7, 11) is 0. The summed E-state index contributed by atoms with van der Waals surface area (Å²) in [6.07, 6.45) is 0.843. The van der Waals surface area contributed by atoms with E-state index in [0.29, 0.717) is 5.92 Å². The normalized spacial score (nSPS) is 17.3. The Kier molecular flexibility index (Phi) is 2.78. The predicted octanol–water partition coefficient (Wildman–Crippen LogP) is 5.27. The molecule has 0 saturated heterocycles. The molecule has 0 saturated carbocycles. The van der Waals surface area contributed by atoms with E-state index in [1.807, 2.05) is 0 Å². The van der Waals surface area contributed by atoms with E-state index in [-0.39, 0.29) is 0 Å². The molecule has 1 heteroatoms. The Morgan fingerprint density at radius 2 is 1.62 bits per heavy atom. The third kappa shape index (κ3) is 2.02. The van der Waals surface area contributed by atoms with E-state index >= 15 is 0 Å². The molecule has 1 heterocycles. The van der Waals surface area contributed by atoms with Crippen molar-refractivity contribution < 1.29 is 4.74 Å². The lowest BCUT2D eigenvalue weighted by Gasteiger charge is -2.28. The van der Waals surface area contributed by atoms with Gasteiger partial charge >= 0.3 is 0 Å². The van der Waals surface area contributed by atoms with Crippen molar-refractivity contribution in [3.8, 4) is 5.75 Å². The Bertz CT molecular complexity index is 818. The Labute approximate surface area is 124 Å². The Hall–Kier alpha value is -2.54. The van der Waals surface area contributed by atoms with Crippen molar-refractivity contribution in [1.29, 1.82) is 0 Å². The molecule has 1 aliphatic heterocycles. The highest BCUT2D eigenvalue weighted by molar-refractivity contribution is 5.90. The van der Waals surface area contributed by atoms with Crippen LogP contribution in [0.1, 0.15) is 23.5 Å². The summed E-state index contributed by atoms with van der Waals surface area (Å²) >= 11 is 0. The van der Waals surface area contributed by atoms with Crippen LogP contribution in [0.15, 0.2) is 79.1 Å². The second-order valence-corrected chi connectivity index (χ2v) is 5.51. The van der Waals surface area contributed by atoms with Crippen LogP contribution < -0.4 is 4.74 Å². The molecule has 0 bridgehead atoms. The first-order chi connectivity index (χ1) is 10.3. The van der Waals surface area contributed by atoms with Gasteiger partial charge in [0, 0.05) is 23.3 Å². The van der Waals surface area contributed by atoms with Gasteiger partial charge in [-0.3, -0.25) is 0 Å². The molecule has 0 N–H and O–H groups in total. The molecule has 0 spiro atoms. The summed E-state index contributed by atoms with van der Waals surface area (Å²) in [6, 6.07) is 23.3. The van der Waals surface area contributed by atoms with Crippen molar-refractivity contribution >= 4 is 10.8 Å². The summed E-state index contributed by atoms with van der Waals surface area (Å²) in [5.41, 5.74) is 2.57. The van der Waals surface area contributed by atoms with Gasteiger partial charge in [-0.05, 0) is 10.9 Å². The van der Waals surface area contributed by atoms with Crippen molar-refractivity contribution in [2.24, 2.45) is 0 Å². The van der Waals surface area contributed by atoms with E-state index in [9.17, 15) is 0 Å². The predicted molar refractivity (Wildman–Crippen MR) is 86.6 cm³/mol. The molecule has 0 radical (unpaired) electrons. The quantitative estimate of drug-likeness (QED) is 0.586. The van der Waals surface area contributed by atoms with Crippen molar-refractivity contribution in [1.82, 2.24) is 0 Å². The molecule has 1 nitrogen and oxygen atoms in total. The molecule has 3 aromatic carbocycles. The van der Waals surface area contributed by atoms with Crippen LogP contribution in [0.3, 0.4) is 0 Å². The number of rotatable bonds is 1. The molecular formula is C20H16O. The van der Waals surface area contributed by atoms with Crippen LogP contribution in [-0.2, 0) is 0 Å². The molecule has 0 amide bonds. The van der Waals surface area contributed by atoms with Crippen LogP contribution in [0, 0.1) is 0 Å². The second kappa shape index (κ2) is 4.78. The first-order valence-electron chi connectivity index (χ1n) is 7.25. The summed E-state index contributed by atoms with van der Waals surface area (Å²) in [6.45, 7) is 4.07. The minimum atomic E-state index is 0.326. The largest absolute Gasteiger partial charge is 0.461 e. The van der Waals surface area contributed by atoms with Crippen LogP contribution in [-0.4, -0.2) is 0 Å². The Balaban J connectivity index is 1.95. The molecule has 1 aliphatic rings. The number of hydrogen-bond donors (Lipinski definition) is 0. The maximum atomic E-state index is 6.00. The van der Waals surface area contributed by atoms with Gasteiger partial charge in [-0.15, -0.1) is 0 Å². The lowest BCUT2D eigenvalue weighted by molar-refractivity contribution is 0.372. The maximum absolute atomic E-state index is 6.00. The van der Waals surface area contributed by atoms with Gasteiger partial charge in [-0.25, -0.2) is 0 Å². The molecule has 1 unspecified atom stereocenters. The maximum Gasteiger partial charge on any atom is 0.138 e. The Morgan fingerprint density at radius 1 is 0.857 bits per heavy atom. The minimum absolute atomic E-state index is 0.326. The van der Waals surface area contributed by atoms with Gasteiger partial charge in [-0.1, -0.05) is 73.3 Å². The first kappa shape index (κ1) is 12.2. The molecule has 3 aromatic rings. The van der Waals surface area contributed by atoms with Gasteiger partial charge in [0.2, 0.25) is 0 Å². The second-order valence-electron chi connectivity index (χ2n) is 5.51. The monoisotopic (exact) mass is 272 g/mol. The zero-order chi connectivity index (χ0) is 14.2. The highest BCUT2D eigenvalue weighted by Crippen LogP contribution is 2.44. The highest BCUT2D eigenvalue weighted by Gasteiger charge is 2.26. The molecule has 0 aliphatic carbocycles. The molecule has 1 atom stereocenters.